The summed E-state index contributed by atoms with van der Waals surface area (Å²) in [4.78, 5) is 14.8. The fourth-order valence-corrected chi connectivity index (χ4v) is 4.05. The van der Waals surface area contributed by atoms with Crippen LogP contribution in [-0.2, 0) is 12.0 Å². The molecule has 2 fully saturated rings. The van der Waals surface area contributed by atoms with E-state index in [-0.39, 0.29) is 11.6 Å². The molecule has 0 radical (unpaired) electrons. The lowest BCUT2D eigenvalue weighted by Crippen LogP contribution is -2.48. The van der Waals surface area contributed by atoms with Crippen LogP contribution in [0, 0.1) is 12.8 Å². The van der Waals surface area contributed by atoms with E-state index < -0.39 is 0 Å². The molecule has 1 saturated heterocycles. The van der Waals surface area contributed by atoms with Crippen LogP contribution in [0.3, 0.4) is 0 Å². The number of carbonyl (C=O) groups excluding carboxylic acids is 1. The molecule has 0 spiro atoms. The van der Waals surface area contributed by atoms with Crippen LogP contribution in [0.1, 0.15) is 42.4 Å². The van der Waals surface area contributed by atoms with Crippen molar-refractivity contribution >= 4 is 6.03 Å². The van der Waals surface area contributed by atoms with E-state index in [0.717, 1.165) is 45.2 Å². The molecule has 2 amide bonds. The fraction of sp³-hybridized carbons (Fsp3) is 0.435. The Morgan fingerprint density at radius 1 is 1.04 bits per heavy atom. The average Bonchev–Trinajstić information content (AvgIpc) is 3.44. The van der Waals surface area contributed by atoms with Crippen LogP contribution in [0.25, 0.3) is 0 Å². The summed E-state index contributed by atoms with van der Waals surface area (Å²) < 4.78 is 0. The smallest absolute Gasteiger partial charge is 0.318 e. The molecule has 136 valence electrons. The molecular weight excluding hydrogens is 320 g/mol. The van der Waals surface area contributed by atoms with E-state index in [1.165, 1.54) is 16.7 Å². The zero-order valence-corrected chi connectivity index (χ0v) is 15.6. The molecular formula is C23H28N2O. The first-order valence-electron chi connectivity index (χ1n) is 9.83. The summed E-state index contributed by atoms with van der Waals surface area (Å²) in [5.41, 5.74) is 3.80. The van der Waals surface area contributed by atoms with Crippen LogP contribution in [-0.4, -0.2) is 24.0 Å². The Morgan fingerprint density at radius 2 is 1.69 bits per heavy atom. The van der Waals surface area contributed by atoms with Gasteiger partial charge in [0.2, 0.25) is 0 Å². The molecule has 1 N–H and O–H groups in total. The Morgan fingerprint density at radius 3 is 2.31 bits per heavy atom. The molecule has 26 heavy (non-hydrogen) atoms. The Labute approximate surface area is 156 Å². The van der Waals surface area contributed by atoms with Gasteiger partial charge in [0.15, 0.2) is 0 Å². The van der Waals surface area contributed by atoms with Crippen LogP contribution in [0.2, 0.25) is 0 Å². The van der Waals surface area contributed by atoms with Gasteiger partial charge in [-0.15, -0.1) is 0 Å². The molecule has 1 aliphatic heterocycles. The second kappa shape index (κ2) is 7.14. The van der Waals surface area contributed by atoms with Gasteiger partial charge in [0, 0.05) is 13.1 Å². The zero-order chi connectivity index (χ0) is 18.0. The SMILES string of the molecule is Cc1ccc(C2(NC(=O)N3CCC(Cc4ccccc4)CC3)CC2)cc1. The highest BCUT2D eigenvalue weighted by atomic mass is 16.2. The Bertz CT molecular complexity index is 742. The third kappa shape index (κ3) is 3.77. The van der Waals surface area contributed by atoms with E-state index in [9.17, 15) is 4.79 Å². The monoisotopic (exact) mass is 348 g/mol. The summed E-state index contributed by atoms with van der Waals surface area (Å²) in [5, 5.41) is 3.32. The van der Waals surface area contributed by atoms with Gasteiger partial charge in [-0.1, -0.05) is 60.2 Å². The second-order valence-corrected chi connectivity index (χ2v) is 8.00. The Hall–Kier alpha value is -2.29. The van der Waals surface area contributed by atoms with E-state index in [1.54, 1.807) is 0 Å². The first kappa shape index (κ1) is 17.1. The number of nitrogens with one attached hydrogen (secondary N) is 1. The minimum absolute atomic E-state index is 0.112. The highest BCUT2D eigenvalue weighted by Gasteiger charge is 2.46. The number of piperidine rings is 1. The maximum absolute atomic E-state index is 12.8. The molecule has 0 aromatic heterocycles. The van der Waals surface area contributed by atoms with E-state index in [4.69, 9.17) is 0 Å². The molecule has 0 bridgehead atoms. The maximum Gasteiger partial charge on any atom is 0.318 e. The Balaban J connectivity index is 1.30. The maximum atomic E-state index is 12.8. The van der Waals surface area contributed by atoms with Gasteiger partial charge in [-0.05, 0) is 56.1 Å². The van der Waals surface area contributed by atoms with Crippen LogP contribution >= 0.6 is 0 Å². The number of benzene rings is 2. The summed E-state index contributed by atoms with van der Waals surface area (Å²) in [6, 6.07) is 19.4. The highest BCUT2D eigenvalue weighted by molar-refractivity contribution is 5.76. The fourth-order valence-electron chi connectivity index (χ4n) is 4.05. The highest BCUT2D eigenvalue weighted by Crippen LogP contribution is 2.45. The van der Waals surface area contributed by atoms with Gasteiger partial charge >= 0.3 is 6.03 Å². The number of hydrogen-bond acceptors (Lipinski definition) is 1. The number of urea groups is 1. The molecule has 1 aliphatic carbocycles. The summed E-state index contributed by atoms with van der Waals surface area (Å²) in [7, 11) is 0. The molecule has 3 nitrogen and oxygen atoms in total. The third-order valence-corrected chi connectivity index (χ3v) is 5.97. The molecule has 1 saturated carbocycles. The number of rotatable bonds is 4. The standard InChI is InChI=1S/C23H28N2O/c1-18-7-9-21(10-8-18)23(13-14-23)24-22(26)25-15-11-20(12-16-25)17-19-5-3-2-4-6-19/h2-10,20H,11-17H2,1H3,(H,24,26). The lowest BCUT2D eigenvalue weighted by molar-refractivity contribution is 0.166. The lowest BCUT2D eigenvalue weighted by atomic mass is 9.90. The van der Waals surface area contributed by atoms with Crippen LogP contribution in [0.4, 0.5) is 4.79 Å². The summed E-state index contributed by atoms with van der Waals surface area (Å²) in [6.07, 6.45) is 5.42. The number of amides is 2. The lowest BCUT2D eigenvalue weighted by Gasteiger charge is -2.33. The van der Waals surface area contributed by atoms with Gasteiger partial charge < -0.3 is 10.2 Å². The van der Waals surface area contributed by atoms with Crippen LogP contribution in [0.5, 0.6) is 0 Å². The molecule has 2 aliphatic rings. The minimum Gasteiger partial charge on any atom is -0.328 e. The molecule has 2 aromatic carbocycles. The van der Waals surface area contributed by atoms with Gasteiger partial charge in [-0.3, -0.25) is 0 Å². The van der Waals surface area contributed by atoms with E-state index >= 15 is 0 Å². The van der Waals surface area contributed by atoms with Crippen molar-refractivity contribution in [2.75, 3.05) is 13.1 Å². The predicted octanol–water partition coefficient (Wildman–Crippen LogP) is 4.65. The van der Waals surface area contributed by atoms with Crippen molar-refractivity contribution in [1.29, 1.82) is 0 Å². The summed E-state index contributed by atoms with van der Waals surface area (Å²) >= 11 is 0. The van der Waals surface area contributed by atoms with E-state index in [1.807, 2.05) is 4.90 Å². The molecule has 0 atom stereocenters. The molecule has 2 aromatic rings. The number of carbonyl (C=O) groups is 1. The summed E-state index contributed by atoms with van der Waals surface area (Å²) in [6.45, 7) is 3.84. The molecule has 4 rings (SSSR count). The number of likely N-dealkylation sites (tertiary alicyclic amines) is 1. The van der Waals surface area contributed by atoms with Crippen molar-refractivity contribution in [3.63, 3.8) is 0 Å². The first-order chi connectivity index (χ1) is 12.6. The van der Waals surface area contributed by atoms with Crippen LogP contribution in [0.15, 0.2) is 54.6 Å². The molecule has 0 unspecified atom stereocenters. The van der Waals surface area contributed by atoms with E-state index in [2.05, 4.69) is 66.8 Å². The number of hydrogen-bond donors (Lipinski definition) is 1. The average molecular weight is 348 g/mol. The predicted molar refractivity (Wildman–Crippen MR) is 105 cm³/mol. The van der Waals surface area contributed by atoms with Gasteiger partial charge in [0.05, 0.1) is 5.54 Å². The zero-order valence-electron chi connectivity index (χ0n) is 15.6. The minimum atomic E-state index is -0.119. The second-order valence-electron chi connectivity index (χ2n) is 8.00. The largest absolute Gasteiger partial charge is 0.328 e. The molecule has 1 heterocycles. The van der Waals surface area contributed by atoms with Crippen LogP contribution < -0.4 is 5.32 Å². The van der Waals surface area contributed by atoms with Gasteiger partial charge in [0.25, 0.3) is 0 Å². The van der Waals surface area contributed by atoms with E-state index in [0.29, 0.717) is 5.92 Å². The topological polar surface area (TPSA) is 32.3 Å². The van der Waals surface area contributed by atoms with Gasteiger partial charge in [-0.25, -0.2) is 4.79 Å². The quantitative estimate of drug-likeness (QED) is 0.857. The van der Waals surface area contributed by atoms with Crippen molar-refractivity contribution in [2.24, 2.45) is 5.92 Å². The van der Waals surface area contributed by atoms with Crippen molar-refractivity contribution in [3.8, 4) is 0 Å². The van der Waals surface area contributed by atoms with Crippen molar-refractivity contribution in [1.82, 2.24) is 10.2 Å². The summed E-state index contributed by atoms with van der Waals surface area (Å²) in [5.74, 6) is 0.688. The van der Waals surface area contributed by atoms with Gasteiger partial charge in [0.1, 0.15) is 0 Å². The third-order valence-electron chi connectivity index (χ3n) is 5.97. The number of aryl methyl sites for hydroxylation is 1. The van der Waals surface area contributed by atoms with Crippen molar-refractivity contribution in [3.05, 3.63) is 71.3 Å². The number of nitrogens with zero attached hydrogens (tertiary/aromatic N) is 1. The van der Waals surface area contributed by atoms with Crippen molar-refractivity contribution in [2.45, 2.75) is 44.6 Å². The molecule has 3 heteroatoms. The van der Waals surface area contributed by atoms with Crippen molar-refractivity contribution < 1.29 is 4.79 Å². The first-order valence-corrected chi connectivity index (χ1v) is 9.83. The van der Waals surface area contributed by atoms with Gasteiger partial charge in [-0.2, -0.15) is 0 Å². The normalized spacial score (nSPS) is 19.2. The Kier molecular flexibility index (Phi) is 4.71.